The summed E-state index contributed by atoms with van der Waals surface area (Å²) in [4.78, 5) is 4.95. The van der Waals surface area contributed by atoms with E-state index in [9.17, 15) is 0 Å². The molecule has 0 rings (SSSR count). The van der Waals surface area contributed by atoms with E-state index < -0.39 is 0 Å². The number of hydrogen-bond donors (Lipinski definition) is 2. The van der Waals surface area contributed by atoms with Gasteiger partial charge in [0.15, 0.2) is 0 Å². The zero-order valence-electron chi connectivity index (χ0n) is 13.0. The highest BCUT2D eigenvalue weighted by Gasteiger charge is 2.19. The van der Waals surface area contributed by atoms with Crippen LogP contribution < -0.4 is 0 Å². The van der Waals surface area contributed by atoms with E-state index in [1.165, 1.54) is 0 Å². The summed E-state index contributed by atoms with van der Waals surface area (Å²) in [7, 11) is 0. The lowest BCUT2D eigenvalue weighted by Gasteiger charge is -2.32. The third-order valence-corrected chi connectivity index (χ3v) is 3.13. The van der Waals surface area contributed by atoms with Crippen molar-refractivity contribution in [3.63, 3.8) is 0 Å². The number of likely N-dealkylation sites (N-methyl/N-ethyl adjacent to an activating group) is 2. The summed E-state index contributed by atoms with van der Waals surface area (Å²) < 4.78 is 0.158. The molecule has 0 aromatic rings. The molecular weight excluding hydrogens is 260 g/mol. The van der Waals surface area contributed by atoms with Crippen molar-refractivity contribution in [2.45, 2.75) is 51.0 Å². The summed E-state index contributed by atoms with van der Waals surface area (Å²) in [6.07, 6.45) is 0. The highest BCUT2D eigenvalue weighted by atomic mass is 32.1. The molecular formula is C14H32N2S2. The third kappa shape index (κ3) is 10.5. The van der Waals surface area contributed by atoms with Crippen molar-refractivity contribution in [3.05, 3.63) is 0 Å². The van der Waals surface area contributed by atoms with E-state index in [0.29, 0.717) is 0 Å². The van der Waals surface area contributed by atoms with E-state index in [0.717, 1.165) is 39.3 Å². The van der Waals surface area contributed by atoms with Gasteiger partial charge in [-0.25, -0.2) is 0 Å². The fourth-order valence-electron chi connectivity index (χ4n) is 2.08. The van der Waals surface area contributed by atoms with Crippen LogP contribution in [0.1, 0.15) is 41.5 Å². The number of hydrogen-bond acceptors (Lipinski definition) is 4. The standard InChI is InChI=1S/C14H32N2S2/c1-7-15(11-13(3,4)17)9-10-16(8-2)12-14(5,6)18/h17-18H,7-12H2,1-6H3. The molecule has 0 atom stereocenters. The minimum atomic E-state index is 0.0792. The summed E-state index contributed by atoms with van der Waals surface area (Å²) in [5.74, 6) is 0. The molecule has 0 fully saturated rings. The molecule has 0 heterocycles. The van der Waals surface area contributed by atoms with Crippen LogP contribution in [-0.4, -0.2) is 58.6 Å². The number of thiol groups is 2. The van der Waals surface area contributed by atoms with Crippen molar-refractivity contribution in [3.8, 4) is 0 Å². The summed E-state index contributed by atoms with van der Waals surface area (Å²) in [6, 6.07) is 0. The Labute approximate surface area is 125 Å². The number of rotatable bonds is 9. The maximum atomic E-state index is 4.62. The first-order valence-electron chi connectivity index (χ1n) is 6.97. The molecule has 0 amide bonds. The highest BCUT2D eigenvalue weighted by Crippen LogP contribution is 2.15. The van der Waals surface area contributed by atoms with E-state index >= 15 is 0 Å². The topological polar surface area (TPSA) is 6.48 Å². The maximum Gasteiger partial charge on any atom is 0.0200 e. The molecule has 0 saturated carbocycles. The Kier molecular flexibility index (Phi) is 8.31. The van der Waals surface area contributed by atoms with Crippen LogP contribution in [0.15, 0.2) is 0 Å². The Morgan fingerprint density at radius 3 is 1.17 bits per heavy atom. The van der Waals surface area contributed by atoms with Gasteiger partial charge in [0.2, 0.25) is 0 Å². The van der Waals surface area contributed by atoms with Gasteiger partial charge in [0.05, 0.1) is 0 Å². The van der Waals surface area contributed by atoms with Crippen LogP contribution in [0, 0.1) is 0 Å². The van der Waals surface area contributed by atoms with Gasteiger partial charge < -0.3 is 9.80 Å². The van der Waals surface area contributed by atoms with Gasteiger partial charge in [-0.3, -0.25) is 0 Å². The first-order valence-corrected chi connectivity index (χ1v) is 7.86. The molecule has 0 bridgehead atoms. The van der Waals surface area contributed by atoms with E-state index in [4.69, 9.17) is 0 Å². The highest BCUT2D eigenvalue weighted by molar-refractivity contribution is 7.82. The number of nitrogens with zero attached hydrogens (tertiary/aromatic N) is 2. The first kappa shape index (κ1) is 18.6. The molecule has 4 heteroatoms. The van der Waals surface area contributed by atoms with Crippen LogP contribution in [0.2, 0.25) is 0 Å². The van der Waals surface area contributed by atoms with E-state index in [1.807, 2.05) is 0 Å². The lowest BCUT2D eigenvalue weighted by Crippen LogP contribution is -2.43. The molecule has 0 N–H and O–H groups in total. The van der Waals surface area contributed by atoms with Crippen LogP contribution in [-0.2, 0) is 0 Å². The van der Waals surface area contributed by atoms with Crippen LogP contribution in [0.5, 0.6) is 0 Å². The molecule has 0 aromatic heterocycles. The van der Waals surface area contributed by atoms with Gasteiger partial charge in [0.1, 0.15) is 0 Å². The van der Waals surface area contributed by atoms with Crippen molar-refractivity contribution < 1.29 is 0 Å². The SMILES string of the molecule is CCN(CCN(CC)CC(C)(C)S)CC(C)(C)S. The molecule has 0 unspecified atom stereocenters. The van der Waals surface area contributed by atoms with Gasteiger partial charge in [-0.1, -0.05) is 13.8 Å². The maximum absolute atomic E-state index is 4.62. The minimum Gasteiger partial charge on any atom is -0.301 e. The molecule has 0 spiro atoms. The summed E-state index contributed by atoms with van der Waals surface area (Å²) in [5.41, 5.74) is 0. The van der Waals surface area contributed by atoms with E-state index in [-0.39, 0.29) is 9.49 Å². The predicted molar refractivity (Wildman–Crippen MR) is 90.4 cm³/mol. The van der Waals surface area contributed by atoms with Crippen LogP contribution in [0.3, 0.4) is 0 Å². The molecule has 0 aliphatic carbocycles. The molecule has 0 aliphatic heterocycles. The predicted octanol–water partition coefficient (Wildman–Crippen LogP) is 3.05. The fourth-order valence-corrected chi connectivity index (χ4v) is 2.48. The molecule has 110 valence electrons. The summed E-state index contributed by atoms with van der Waals surface area (Å²) in [5, 5.41) is 0. The van der Waals surface area contributed by atoms with Gasteiger partial charge in [-0.2, -0.15) is 25.3 Å². The Morgan fingerprint density at radius 2 is 1.00 bits per heavy atom. The van der Waals surface area contributed by atoms with E-state index in [2.05, 4.69) is 76.6 Å². The van der Waals surface area contributed by atoms with Crippen molar-refractivity contribution in [2.24, 2.45) is 0 Å². The minimum absolute atomic E-state index is 0.0792. The molecule has 0 radical (unpaired) electrons. The average molecular weight is 293 g/mol. The largest absolute Gasteiger partial charge is 0.301 e. The quantitative estimate of drug-likeness (QED) is 0.631. The van der Waals surface area contributed by atoms with Gasteiger partial charge in [0, 0.05) is 35.7 Å². The van der Waals surface area contributed by atoms with Crippen molar-refractivity contribution in [1.29, 1.82) is 0 Å². The van der Waals surface area contributed by atoms with Gasteiger partial charge in [-0.05, 0) is 40.8 Å². The lowest BCUT2D eigenvalue weighted by molar-refractivity contribution is 0.199. The molecule has 0 aromatic carbocycles. The second kappa shape index (κ2) is 8.03. The van der Waals surface area contributed by atoms with Gasteiger partial charge in [0.25, 0.3) is 0 Å². The smallest absolute Gasteiger partial charge is 0.0200 e. The van der Waals surface area contributed by atoms with Gasteiger partial charge in [-0.15, -0.1) is 0 Å². The Bertz CT molecular complexity index is 195. The van der Waals surface area contributed by atoms with Crippen molar-refractivity contribution in [1.82, 2.24) is 9.80 Å². The third-order valence-electron chi connectivity index (χ3n) is 2.85. The zero-order valence-corrected chi connectivity index (χ0v) is 14.8. The molecule has 0 aliphatic rings. The second-order valence-electron chi connectivity index (χ2n) is 6.36. The first-order chi connectivity index (χ1) is 8.07. The Hall–Kier alpha value is 0.620. The Morgan fingerprint density at radius 1 is 0.722 bits per heavy atom. The van der Waals surface area contributed by atoms with E-state index in [1.54, 1.807) is 0 Å². The Balaban J connectivity index is 4.16. The van der Waals surface area contributed by atoms with Crippen LogP contribution >= 0.6 is 25.3 Å². The normalized spacial score (nSPS) is 13.7. The second-order valence-corrected chi connectivity index (χ2v) is 8.78. The average Bonchev–Trinajstić information content (AvgIpc) is 2.18. The summed E-state index contributed by atoms with van der Waals surface area (Å²) in [6.45, 7) is 19.6. The van der Waals surface area contributed by atoms with Crippen LogP contribution in [0.25, 0.3) is 0 Å². The van der Waals surface area contributed by atoms with Crippen molar-refractivity contribution >= 4 is 25.3 Å². The molecule has 2 nitrogen and oxygen atoms in total. The lowest BCUT2D eigenvalue weighted by atomic mass is 10.2. The van der Waals surface area contributed by atoms with Gasteiger partial charge >= 0.3 is 0 Å². The fraction of sp³-hybridized carbons (Fsp3) is 1.00. The summed E-state index contributed by atoms with van der Waals surface area (Å²) >= 11 is 9.23. The molecule has 0 saturated heterocycles. The zero-order chi connectivity index (χ0) is 14.4. The molecule has 18 heavy (non-hydrogen) atoms. The van der Waals surface area contributed by atoms with Crippen molar-refractivity contribution in [2.75, 3.05) is 39.3 Å². The monoisotopic (exact) mass is 292 g/mol. The van der Waals surface area contributed by atoms with Crippen LogP contribution in [0.4, 0.5) is 0 Å².